The van der Waals surface area contributed by atoms with Gasteiger partial charge in [0.05, 0.1) is 5.56 Å². The molecule has 0 aliphatic carbocycles. The molecule has 122 valence electrons. The number of nitrogens with zero attached hydrogens (tertiary/aromatic N) is 5. The number of carbonyl (C=O) groups is 1. The lowest BCUT2D eigenvalue weighted by molar-refractivity contribution is 0.0694. The lowest BCUT2D eigenvalue weighted by Gasteiger charge is -2.26. The number of pyridine rings is 1. The maximum atomic E-state index is 12.8. The van der Waals surface area contributed by atoms with Gasteiger partial charge in [-0.15, -0.1) is 10.2 Å². The second-order valence-corrected chi connectivity index (χ2v) is 5.86. The van der Waals surface area contributed by atoms with Crippen molar-refractivity contribution in [3.8, 4) is 0 Å². The Morgan fingerprint density at radius 2 is 2.17 bits per heavy atom. The molecule has 0 fully saturated rings. The van der Waals surface area contributed by atoms with Crippen LogP contribution in [0.3, 0.4) is 0 Å². The summed E-state index contributed by atoms with van der Waals surface area (Å²) >= 11 is 0. The third-order valence-corrected chi connectivity index (χ3v) is 4.17. The number of hydrogen-bond acceptors (Lipinski definition) is 5. The van der Waals surface area contributed by atoms with Crippen LogP contribution in [-0.4, -0.2) is 50.3 Å². The highest BCUT2D eigenvalue weighted by Gasteiger charge is 2.27. The minimum atomic E-state index is 0.0111. The lowest BCUT2D eigenvalue weighted by Crippen LogP contribution is -2.40. The summed E-state index contributed by atoms with van der Waals surface area (Å²) < 4.78 is 7.22. The summed E-state index contributed by atoms with van der Waals surface area (Å²) in [6.45, 7) is 5.68. The van der Waals surface area contributed by atoms with Crippen LogP contribution in [0.2, 0.25) is 0 Å². The van der Waals surface area contributed by atoms with E-state index in [0.29, 0.717) is 31.7 Å². The standard InChI is InChI=1S/C16H21N5O2/c1-11-4-5-13(9-17-11)16(22)20-6-7-21-14(8-12(20)2)18-19-15(21)10-23-3/h4-5,9,12H,6-8,10H2,1-3H3/t12-/m1/s1. The van der Waals surface area contributed by atoms with E-state index >= 15 is 0 Å². The van der Waals surface area contributed by atoms with Crippen LogP contribution in [0.5, 0.6) is 0 Å². The molecule has 0 radical (unpaired) electrons. The summed E-state index contributed by atoms with van der Waals surface area (Å²) in [4.78, 5) is 18.9. The number of aromatic nitrogens is 4. The fourth-order valence-electron chi connectivity index (χ4n) is 2.88. The Hall–Kier alpha value is -2.28. The van der Waals surface area contributed by atoms with E-state index in [0.717, 1.165) is 17.3 Å². The highest BCUT2D eigenvalue weighted by molar-refractivity contribution is 5.94. The maximum Gasteiger partial charge on any atom is 0.255 e. The van der Waals surface area contributed by atoms with Crippen molar-refractivity contribution >= 4 is 5.91 Å². The molecule has 0 aromatic carbocycles. The number of hydrogen-bond donors (Lipinski definition) is 0. The molecular weight excluding hydrogens is 294 g/mol. The van der Waals surface area contributed by atoms with Crippen molar-refractivity contribution in [3.63, 3.8) is 0 Å². The molecule has 7 heteroatoms. The average molecular weight is 315 g/mol. The van der Waals surface area contributed by atoms with Crippen LogP contribution >= 0.6 is 0 Å². The number of methoxy groups -OCH3 is 1. The van der Waals surface area contributed by atoms with Crippen molar-refractivity contribution in [1.29, 1.82) is 0 Å². The summed E-state index contributed by atoms with van der Waals surface area (Å²) in [6.07, 6.45) is 2.33. The quantitative estimate of drug-likeness (QED) is 0.851. The summed E-state index contributed by atoms with van der Waals surface area (Å²) in [7, 11) is 1.64. The van der Waals surface area contributed by atoms with E-state index in [-0.39, 0.29) is 11.9 Å². The molecular formula is C16H21N5O2. The molecule has 1 aliphatic heterocycles. The summed E-state index contributed by atoms with van der Waals surface area (Å²) in [6, 6.07) is 3.75. The minimum Gasteiger partial charge on any atom is -0.377 e. The highest BCUT2D eigenvalue weighted by atomic mass is 16.5. The number of carbonyl (C=O) groups excluding carboxylic acids is 1. The molecule has 0 unspecified atom stereocenters. The first-order valence-corrected chi connectivity index (χ1v) is 7.73. The van der Waals surface area contributed by atoms with Gasteiger partial charge in [-0.25, -0.2) is 0 Å². The van der Waals surface area contributed by atoms with Crippen molar-refractivity contribution in [3.05, 3.63) is 41.2 Å². The average Bonchev–Trinajstić information content (AvgIpc) is 2.82. The van der Waals surface area contributed by atoms with Crippen LogP contribution < -0.4 is 0 Å². The number of fused-ring (bicyclic) bond motifs is 1. The fraction of sp³-hybridized carbons (Fsp3) is 0.500. The van der Waals surface area contributed by atoms with E-state index in [2.05, 4.69) is 19.7 Å². The van der Waals surface area contributed by atoms with Gasteiger partial charge >= 0.3 is 0 Å². The molecule has 7 nitrogen and oxygen atoms in total. The van der Waals surface area contributed by atoms with Crippen molar-refractivity contribution in [1.82, 2.24) is 24.6 Å². The molecule has 3 heterocycles. The van der Waals surface area contributed by atoms with Crippen LogP contribution in [0.4, 0.5) is 0 Å². The van der Waals surface area contributed by atoms with Gasteiger partial charge in [0, 0.05) is 44.6 Å². The van der Waals surface area contributed by atoms with Gasteiger partial charge in [0.1, 0.15) is 12.4 Å². The minimum absolute atomic E-state index is 0.0111. The van der Waals surface area contributed by atoms with Crippen LogP contribution in [0.15, 0.2) is 18.3 Å². The predicted molar refractivity (Wildman–Crippen MR) is 83.9 cm³/mol. The third kappa shape index (κ3) is 3.10. The Kier molecular flexibility index (Phi) is 4.38. The summed E-state index contributed by atoms with van der Waals surface area (Å²) in [5, 5.41) is 8.42. The topological polar surface area (TPSA) is 73.1 Å². The second kappa shape index (κ2) is 6.45. The molecule has 0 bridgehead atoms. The lowest BCUT2D eigenvalue weighted by atomic mass is 10.1. The number of ether oxygens (including phenoxy) is 1. The summed E-state index contributed by atoms with van der Waals surface area (Å²) in [5.41, 5.74) is 1.53. The maximum absolute atomic E-state index is 12.8. The smallest absolute Gasteiger partial charge is 0.255 e. The number of rotatable bonds is 3. The SMILES string of the molecule is COCc1nnc2n1CCN(C(=O)c1ccc(C)nc1)[C@H](C)C2. The van der Waals surface area contributed by atoms with Gasteiger partial charge in [-0.2, -0.15) is 0 Å². The van der Waals surface area contributed by atoms with Gasteiger partial charge in [-0.1, -0.05) is 0 Å². The van der Waals surface area contributed by atoms with Crippen molar-refractivity contribution in [2.75, 3.05) is 13.7 Å². The van der Waals surface area contributed by atoms with Crippen molar-refractivity contribution in [2.24, 2.45) is 0 Å². The largest absolute Gasteiger partial charge is 0.377 e. The van der Waals surface area contributed by atoms with E-state index in [1.807, 2.05) is 30.9 Å². The molecule has 0 saturated carbocycles. The molecule has 1 atom stereocenters. The van der Waals surface area contributed by atoms with Crippen LogP contribution in [0, 0.1) is 6.92 Å². The van der Waals surface area contributed by atoms with Gasteiger partial charge < -0.3 is 14.2 Å². The Labute approximate surface area is 135 Å². The molecule has 0 saturated heterocycles. The van der Waals surface area contributed by atoms with Gasteiger partial charge in [0.25, 0.3) is 5.91 Å². The van der Waals surface area contributed by atoms with E-state index in [4.69, 9.17) is 4.74 Å². The second-order valence-electron chi connectivity index (χ2n) is 5.86. The molecule has 0 N–H and O–H groups in total. The van der Waals surface area contributed by atoms with Gasteiger partial charge in [0.15, 0.2) is 5.82 Å². The van der Waals surface area contributed by atoms with E-state index < -0.39 is 0 Å². The Morgan fingerprint density at radius 3 is 2.87 bits per heavy atom. The van der Waals surface area contributed by atoms with E-state index in [1.165, 1.54) is 0 Å². The zero-order valence-electron chi connectivity index (χ0n) is 13.7. The normalized spacial score (nSPS) is 17.7. The number of amides is 1. The van der Waals surface area contributed by atoms with E-state index in [9.17, 15) is 4.79 Å². The van der Waals surface area contributed by atoms with E-state index in [1.54, 1.807) is 13.3 Å². The molecule has 0 spiro atoms. The Balaban J connectivity index is 1.81. The summed E-state index contributed by atoms with van der Waals surface area (Å²) in [5.74, 6) is 1.72. The monoisotopic (exact) mass is 315 g/mol. The van der Waals surface area contributed by atoms with Gasteiger partial charge in [0.2, 0.25) is 0 Å². The fourth-order valence-corrected chi connectivity index (χ4v) is 2.88. The zero-order chi connectivity index (χ0) is 16.4. The van der Waals surface area contributed by atoms with Crippen LogP contribution in [0.25, 0.3) is 0 Å². The predicted octanol–water partition coefficient (Wildman–Crippen LogP) is 1.21. The molecule has 2 aromatic heterocycles. The first-order valence-electron chi connectivity index (χ1n) is 7.73. The van der Waals surface area contributed by atoms with Gasteiger partial charge in [-0.3, -0.25) is 9.78 Å². The van der Waals surface area contributed by atoms with Crippen molar-refractivity contribution < 1.29 is 9.53 Å². The molecule has 1 amide bonds. The Morgan fingerprint density at radius 1 is 1.35 bits per heavy atom. The third-order valence-electron chi connectivity index (χ3n) is 4.17. The molecule has 23 heavy (non-hydrogen) atoms. The van der Waals surface area contributed by atoms with Crippen LogP contribution in [-0.2, 0) is 24.3 Å². The zero-order valence-corrected chi connectivity index (χ0v) is 13.7. The highest BCUT2D eigenvalue weighted by Crippen LogP contribution is 2.17. The number of aryl methyl sites for hydroxylation is 1. The first-order chi connectivity index (χ1) is 11.1. The molecule has 3 rings (SSSR count). The first kappa shape index (κ1) is 15.6. The molecule has 2 aromatic rings. The van der Waals surface area contributed by atoms with Gasteiger partial charge in [-0.05, 0) is 26.0 Å². The van der Waals surface area contributed by atoms with Crippen LogP contribution in [0.1, 0.15) is 34.6 Å². The molecule has 1 aliphatic rings. The Bertz CT molecular complexity index is 695. The van der Waals surface area contributed by atoms with Crippen molar-refractivity contribution in [2.45, 2.75) is 39.5 Å².